The van der Waals surface area contributed by atoms with E-state index in [-0.39, 0.29) is 11.4 Å². The lowest BCUT2D eigenvalue weighted by atomic mass is 10.1. The van der Waals surface area contributed by atoms with Crippen molar-refractivity contribution in [2.75, 3.05) is 6.61 Å². The lowest BCUT2D eigenvalue weighted by Crippen LogP contribution is -1.96. The highest BCUT2D eigenvalue weighted by molar-refractivity contribution is 5.64. The molecular formula is C21H17F2N3O. The molecule has 0 atom stereocenters. The van der Waals surface area contributed by atoms with Gasteiger partial charge < -0.3 is 4.74 Å². The molecule has 0 N–H and O–H groups in total. The van der Waals surface area contributed by atoms with E-state index in [2.05, 4.69) is 16.9 Å². The molecule has 27 heavy (non-hydrogen) atoms. The van der Waals surface area contributed by atoms with Crippen molar-refractivity contribution in [3.8, 4) is 34.3 Å². The third kappa shape index (κ3) is 4.26. The van der Waals surface area contributed by atoms with E-state index in [9.17, 15) is 8.78 Å². The molecular weight excluding hydrogens is 348 g/mol. The molecule has 6 heteroatoms. The summed E-state index contributed by atoms with van der Waals surface area (Å²) in [5.41, 5.74) is 1.24. The van der Waals surface area contributed by atoms with Gasteiger partial charge in [-0.25, -0.2) is 18.7 Å². The fourth-order valence-corrected chi connectivity index (χ4v) is 2.51. The summed E-state index contributed by atoms with van der Waals surface area (Å²) >= 11 is 0. The van der Waals surface area contributed by atoms with Crippen LogP contribution in [0.5, 0.6) is 5.75 Å². The normalized spacial score (nSPS) is 10.4. The van der Waals surface area contributed by atoms with Crippen LogP contribution in [0.4, 0.5) is 8.78 Å². The van der Waals surface area contributed by atoms with Crippen LogP contribution in [0.2, 0.25) is 0 Å². The maximum atomic E-state index is 13.8. The average Bonchev–Trinajstić information content (AvgIpc) is 2.69. The Morgan fingerprint density at radius 3 is 2.15 bits per heavy atom. The SMILES string of the molecule is CCCCOc1ccc(-c2cnc(-c3cc(F)c(C#N)c(F)c3)nc2)cc1. The van der Waals surface area contributed by atoms with Crippen LogP contribution in [-0.4, -0.2) is 16.6 Å². The topological polar surface area (TPSA) is 58.8 Å². The molecule has 0 saturated carbocycles. The van der Waals surface area contributed by atoms with E-state index >= 15 is 0 Å². The van der Waals surface area contributed by atoms with E-state index in [1.165, 1.54) is 6.07 Å². The van der Waals surface area contributed by atoms with Crippen molar-refractivity contribution in [1.29, 1.82) is 5.26 Å². The van der Waals surface area contributed by atoms with E-state index in [0.29, 0.717) is 6.61 Å². The van der Waals surface area contributed by atoms with Crippen molar-refractivity contribution < 1.29 is 13.5 Å². The van der Waals surface area contributed by atoms with Crippen molar-refractivity contribution in [2.45, 2.75) is 19.8 Å². The minimum absolute atomic E-state index is 0.176. The third-order valence-electron chi connectivity index (χ3n) is 4.02. The van der Waals surface area contributed by atoms with Crippen molar-refractivity contribution in [3.63, 3.8) is 0 Å². The second-order valence-corrected chi connectivity index (χ2v) is 5.95. The van der Waals surface area contributed by atoms with Crippen LogP contribution < -0.4 is 4.74 Å². The molecule has 0 aliphatic heterocycles. The van der Waals surface area contributed by atoms with E-state index in [4.69, 9.17) is 10.00 Å². The summed E-state index contributed by atoms with van der Waals surface area (Å²) in [6, 6.07) is 11.2. The van der Waals surface area contributed by atoms with Gasteiger partial charge in [0, 0.05) is 23.5 Å². The Morgan fingerprint density at radius 1 is 0.963 bits per heavy atom. The number of nitriles is 1. The second kappa shape index (κ2) is 8.37. The number of halogens is 2. The van der Waals surface area contributed by atoms with E-state index in [0.717, 1.165) is 41.9 Å². The standard InChI is InChI=1S/C21H17F2N3O/c1-2-3-8-27-17-6-4-14(5-7-17)16-12-25-21(26-13-16)15-9-19(22)18(11-24)20(23)10-15/h4-7,9-10,12-13H,2-3,8H2,1H3. The number of unbranched alkanes of at least 4 members (excludes halogenated alkanes) is 1. The van der Waals surface area contributed by atoms with Gasteiger partial charge in [-0.1, -0.05) is 25.5 Å². The molecule has 2 aromatic carbocycles. The molecule has 3 rings (SSSR count). The number of hydrogen-bond acceptors (Lipinski definition) is 4. The number of benzene rings is 2. The maximum absolute atomic E-state index is 13.8. The van der Waals surface area contributed by atoms with Crippen molar-refractivity contribution in [3.05, 3.63) is 66.0 Å². The molecule has 136 valence electrons. The van der Waals surface area contributed by atoms with Gasteiger partial charge >= 0.3 is 0 Å². The van der Waals surface area contributed by atoms with Gasteiger partial charge in [0.1, 0.15) is 29.0 Å². The second-order valence-electron chi connectivity index (χ2n) is 5.95. The molecule has 0 spiro atoms. The smallest absolute Gasteiger partial charge is 0.159 e. The van der Waals surface area contributed by atoms with Gasteiger partial charge in [-0.2, -0.15) is 5.26 Å². The molecule has 3 aromatic rings. The van der Waals surface area contributed by atoms with Crippen molar-refractivity contribution >= 4 is 0 Å². The average molecular weight is 365 g/mol. The Kier molecular flexibility index (Phi) is 5.72. The molecule has 0 amide bonds. The molecule has 0 saturated heterocycles. The van der Waals surface area contributed by atoms with Crippen molar-refractivity contribution in [1.82, 2.24) is 9.97 Å². The first-order chi connectivity index (χ1) is 13.1. The number of hydrogen-bond donors (Lipinski definition) is 0. The summed E-state index contributed by atoms with van der Waals surface area (Å²) in [7, 11) is 0. The van der Waals surface area contributed by atoms with Gasteiger partial charge in [0.15, 0.2) is 5.82 Å². The van der Waals surface area contributed by atoms with Crippen LogP contribution in [0, 0.1) is 23.0 Å². The van der Waals surface area contributed by atoms with Crippen molar-refractivity contribution in [2.24, 2.45) is 0 Å². The Balaban J connectivity index is 1.79. The number of nitrogens with zero attached hydrogens (tertiary/aromatic N) is 3. The fraction of sp³-hybridized carbons (Fsp3) is 0.190. The number of rotatable bonds is 6. The highest BCUT2D eigenvalue weighted by Gasteiger charge is 2.13. The monoisotopic (exact) mass is 365 g/mol. The Morgan fingerprint density at radius 2 is 1.59 bits per heavy atom. The van der Waals surface area contributed by atoms with Gasteiger partial charge in [0.2, 0.25) is 0 Å². The quantitative estimate of drug-likeness (QED) is 0.568. The largest absolute Gasteiger partial charge is 0.494 e. The molecule has 1 heterocycles. The van der Waals surface area contributed by atoms with Crippen LogP contribution in [0.1, 0.15) is 25.3 Å². The summed E-state index contributed by atoms with van der Waals surface area (Å²) in [5, 5.41) is 8.73. The minimum atomic E-state index is -0.932. The Labute approximate surface area is 156 Å². The molecule has 0 unspecified atom stereocenters. The lowest BCUT2D eigenvalue weighted by molar-refractivity contribution is 0.309. The first kappa shape index (κ1) is 18.5. The molecule has 0 aliphatic rings. The predicted octanol–water partition coefficient (Wildman–Crippen LogP) is 5.14. The zero-order valence-corrected chi connectivity index (χ0v) is 14.7. The van der Waals surface area contributed by atoms with E-state index in [1.54, 1.807) is 12.4 Å². The number of ether oxygens (including phenoxy) is 1. The summed E-state index contributed by atoms with van der Waals surface area (Å²) in [6.07, 6.45) is 5.26. The van der Waals surface area contributed by atoms with Crippen LogP contribution in [0.15, 0.2) is 48.8 Å². The molecule has 0 bridgehead atoms. The van der Waals surface area contributed by atoms with E-state index in [1.807, 2.05) is 24.3 Å². The summed E-state index contributed by atoms with van der Waals surface area (Å²) in [4.78, 5) is 8.38. The molecule has 0 radical (unpaired) electrons. The third-order valence-corrected chi connectivity index (χ3v) is 4.02. The zero-order valence-electron chi connectivity index (χ0n) is 14.7. The maximum Gasteiger partial charge on any atom is 0.159 e. The van der Waals surface area contributed by atoms with Crippen LogP contribution >= 0.6 is 0 Å². The van der Waals surface area contributed by atoms with E-state index < -0.39 is 17.2 Å². The first-order valence-electron chi connectivity index (χ1n) is 8.57. The zero-order chi connectivity index (χ0) is 19.2. The summed E-state index contributed by atoms with van der Waals surface area (Å²) in [6.45, 7) is 2.79. The van der Waals surface area contributed by atoms with Gasteiger partial charge in [-0.3, -0.25) is 0 Å². The molecule has 0 aliphatic carbocycles. The highest BCUT2D eigenvalue weighted by Crippen LogP contribution is 2.25. The summed E-state index contributed by atoms with van der Waals surface area (Å²) in [5.74, 6) is -0.883. The van der Waals surface area contributed by atoms with Crippen LogP contribution in [0.3, 0.4) is 0 Å². The Hall–Kier alpha value is -3.33. The molecule has 0 fully saturated rings. The fourth-order valence-electron chi connectivity index (χ4n) is 2.51. The van der Waals surface area contributed by atoms with Gasteiger partial charge in [0.25, 0.3) is 0 Å². The van der Waals surface area contributed by atoms with Crippen LogP contribution in [-0.2, 0) is 0 Å². The van der Waals surface area contributed by atoms with Crippen LogP contribution in [0.25, 0.3) is 22.5 Å². The predicted molar refractivity (Wildman–Crippen MR) is 97.9 cm³/mol. The first-order valence-corrected chi connectivity index (χ1v) is 8.57. The Bertz CT molecular complexity index is 941. The highest BCUT2D eigenvalue weighted by atomic mass is 19.1. The number of aromatic nitrogens is 2. The summed E-state index contributed by atoms with van der Waals surface area (Å²) < 4.78 is 33.2. The lowest BCUT2D eigenvalue weighted by Gasteiger charge is -2.07. The molecule has 1 aromatic heterocycles. The van der Waals surface area contributed by atoms with Gasteiger partial charge in [-0.15, -0.1) is 0 Å². The van der Waals surface area contributed by atoms with Gasteiger partial charge in [-0.05, 0) is 36.2 Å². The molecule has 4 nitrogen and oxygen atoms in total. The van der Waals surface area contributed by atoms with Gasteiger partial charge in [0.05, 0.1) is 6.61 Å². The minimum Gasteiger partial charge on any atom is -0.494 e.